The van der Waals surface area contributed by atoms with E-state index in [9.17, 15) is 10.0 Å². The van der Waals surface area contributed by atoms with Gasteiger partial charge in [-0.05, 0) is 97.8 Å². The van der Waals surface area contributed by atoms with E-state index in [1.54, 1.807) is 0 Å². The molecule has 0 aliphatic heterocycles. The monoisotopic (exact) mass is 414 g/mol. The maximum atomic E-state index is 10.3. The molecule has 2 N–H and O–H groups in total. The summed E-state index contributed by atoms with van der Waals surface area (Å²) in [6.45, 7) is 4.45. The van der Waals surface area contributed by atoms with E-state index in [4.69, 9.17) is 0 Å². The topological polar surface area (TPSA) is 40.5 Å². The molecular formula is C29H23BO2. The Kier molecular flexibility index (Phi) is 4.26. The third-order valence-electron chi connectivity index (χ3n) is 7.21. The fraction of sp³-hybridized carbons (Fsp3) is 0.103. The third-order valence-corrected chi connectivity index (χ3v) is 7.21. The first-order chi connectivity index (χ1) is 15.6. The molecule has 0 saturated heterocycles. The van der Waals surface area contributed by atoms with Crippen molar-refractivity contribution in [2.45, 2.75) is 20.3 Å². The van der Waals surface area contributed by atoms with Gasteiger partial charge in [0.25, 0.3) is 0 Å². The molecule has 0 bridgehead atoms. The molecule has 154 valence electrons. The van der Waals surface area contributed by atoms with Gasteiger partial charge in [-0.25, -0.2) is 0 Å². The summed E-state index contributed by atoms with van der Waals surface area (Å²) in [4.78, 5) is 0. The summed E-state index contributed by atoms with van der Waals surface area (Å²) in [5, 5.41) is 24.4. The Balaban J connectivity index is 1.78. The molecule has 1 aliphatic rings. The first-order valence-corrected chi connectivity index (χ1v) is 11.1. The molecule has 0 unspecified atom stereocenters. The molecule has 0 heterocycles. The van der Waals surface area contributed by atoms with Crippen molar-refractivity contribution in [3.05, 3.63) is 101 Å². The Morgan fingerprint density at radius 3 is 1.81 bits per heavy atom. The third kappa shape index (κ3) is 2.62. The molecule has 0 saturated carbocycles. The molecule has 0 atom stereocenters. The fourth-order valence-corrected chi connectivity index (χ4v) is 5.56. The van der Waals surface area contributed by atoms with Gasteiger partial charge >= 0.3 is 7.12 Å². The molecule has 6 rings (SSSR count). The summed E-state index contributed by atoms with van der Waals surface area (Å²) in [5.41, 5.74) is 11.0. The minimum absolute atomic E-state index is 0.570. The van der Waals surface area contributed by atoms with Crippen LogP contribution in [0, 0.1) is 13.8 Å². The molecule has 3 heteroatoms. The second-order valence-electron chi connectivity index (χ2n) is 8.79. The highest BCUT2D eigenvalue weighted by molar-refractivity contribution is 6.66. The minimum atomic E-state index is -1.53. The van der Waals surface area contributed by atoms with E-state index in [2.05, 4.69) is 56.3 Å². The quantitative estimate of drug-likeness (QED) is 0.289. The first kappa shape index (κ1) is 19.3. The van der Waals surface area contributed by atoms with Gasteiger partial charge in [-0.1, -0.05) is 72.8 Å². The molecule has 0 spiro atoms. The Morgan fingerprint density at radius 2 is 1.19 bits per heavy atom. The van der Waals surface area contributed by atoms with Crippen LogP contribution in [0.1, 0.15) is 22.3 Å². The van der Waals surface area contributed by atoms with Gasteiger partial charge in [0, 0.05) is 0 Å². The Bertz CT molecular complexity index is 1490. The Labute approximate surface area is 187 Å². The molecule has 0 amide bonds. The largest absolute Gasteiger partial charge is 0.489 e. The van der Waals surface area contributed by atoms with E-state index in [-0.39, 0.29) is 0 Å². The average Bonchev–Trinajstić information content (AvgIpc) is 3.18. The van der Waals surface area contributed by atoms with Gasteiger partial charge in [0.2, 0.25) is 0 Å². The van der Waals surface area contributed by atoms with Crippen LogP contribution < -0.4 is 5.46 Å². The molecule has 5 aromatic rings. The lowest BCUT2D eigenvalue weighted by Crippen LogP contribution is -2.31. The van der Waals surface area contributed by atoms with Gasteiger partial charge in [-0.3, -0.25) is 0 Å². The van der Waals surface area contributed by atoms with Gasteiger partial charge in [0.15, 0.2) is 0 Å². The van der Waals surface area contributed by atoms with Crippen LogP contribution >= 0.6 is 0 Å². The minimum Gasteiger partial charge on any atom is -0.423 e. The van der Waals surface area contributed by atoms with Crippen LogP contribution in [-0.2, 0) is 6.42 Å². The van der Waals surface area contributed by atoms with Gasteiger partial charge in [-0.2, -0.15) is 0 Å². The Morgan fingerprint density at radius 1 is 0.625 bits per heavy atom. The standard InChI is InChI=1S/C29H23BO2/c1-17-18(2)26(16-27-20-10-4-3-9-19(20)15-25(17)27)28-21-11-5-7-13-23(21)29(30(31)32)24-14-8-6-12-22(24)28/h3-14,16,31-32H,15H2,1-2H3. The van der Waals surface area contributed by atoms with E-state index in [0.717, 1.165) is 33.5 Å². The lowest BCUT2D eigenvalue weighted by Gasteiger charge is -2.20. The van der Waals surface area contributed by atoms with Crippen LogP contribution in [0.4, 0.5) is 0 Å². The maximum Gasteiger partial charge on any atom is 0.489 e. The zero-order valence-electron chi connectivity index (χ0n) is 18.2. The number of hydrogen-bond acceptors (Lipinski definition) is 2. The SMILES string of the molecule is Cc1c(-c2c3ccccc3c(B(O)O)c3ccccc23)cc2c(c1C)Cc1ccccc1-2. The average molecular weight is 414 g/mol. The zero-order chi connectivity index (χ0) is 22.0. The van der Waals surface area contributed by atoms with Crippen molar-refractivity contribution in [2.24, 2.45) is 0 Å². The van der Waals surface area contributed by atoms with Crippen molar-refractivity contribution in [3.8, 4) is 22.3 Å². The van der Waals surface area contributed by atoms with Gasteiger partial charge in [-0.15, -0.1) is 0 Å². The molecule has 0 aromatic heterocycles. The smallest absolute Gasteiger partial charge is 0.423 e. The lowest BCUT2D eigenvalue weighted by atomic mass is 9.72. The van der Waals surface area contributed by atoms with E-state index in [1.807, 2.05) is 36.4 Å². The van der Waals surface area contributed by atoms with Crippen molar-refractivity contribution in [1.29, 1.82) is 0 Å². The van der Waals surface area contributed by atoms with Crippen LogP contribution in [0.2, 0.25) is 0 Å². The lowest BCUT2D eigenvalue weighted by molar-refractivity contribution is 0.426. The van der Waals surface area contributed by atoms with E-state index in [1.165, 1.54) is 38.9 Å². The van der Waals surface area contributed by atoms with Gasteiger partial charge in [0.05, 0.1) is 0 Å². The number of hydrogen-bond donors (Lipinski definition) is 2. The second-order valence-corrected chi connectivity index (χ2v) is 8.79. The highest BCUT2D eigenvalue weighted by Crippen LogP contribution is 2.45. The number of fused-ring (bicyclic) bond motifs is 5. The molecule has 5 aromatic carbocycles. The molecule has 1 aliphatic carbocycles. The van der Waals surface area contributed by atoms with Crippen LogP contribution in [-0.4, -0.2) is 17.2 Å². The first-order valence-electron chi connectivity index (χ1n) is 11.1. The predicted octanol–water partition coefficient (Wildman–Crippen LogP) is 5.53. The van der Waals surface area contributed by atoms with Crippen LogP contribution in [0.15, 0.2) is 78.9 Å². The van der Waals surface area contributed by atoms with Crippen LogP contribution in [0.25, 0.3) is 43.8 Å². The van der Waals surface area contributed by atoms with Crippen LogP contribution in [0.5, 0.6) is 0 Å². The van der Waals surface area contributed by atoms with E-state index < -0.39 is 7.12 Å². The highest BCUT2D eigenvalue weighted by Gasteiger charge is 2.26. The Hall–Kier alpha value is -3.40. The van der Waals surface area contributed by atoms with Crippen molar-refractivity contribution in [3.63, 3.8) is 0 Å². The van der Waals surface area contributed by atoms with Crippen molar-refractivity contribution < 1.29 is 10.0 Å². The van der Waals surface area contributed by atoms with Crippen LogP contribution in [0.3, 0.4) is 0 Å². The van der Waals surface area contributed by atoms with Crippen molar-refractivity contribution >= 4 is 34.1 Å². The summed E-state index contributed by atoms with van der Waals surface area (Å²) < 4.78 is 0. The second kappa shape index (κ2) is 7.06. The summed E-state index contributed by atoms with van der Waals surface area (Å²) in [6.07, 6.45) is 0.982. The highest BCUT2D eigenvalue weighted by atomic mass is 16.4. The van der Waals surface area contributed by atoms with E-state index in [0.29, 0.717) is 5.46 Å². The van der Waals surface area contributed by atoms with Gasteiger partial charge in [0.1, 0.15) is 0 Å². The number of rotatable bonds is 2. The molecule has 2 nitrogen and oxygen atoms in total. The predicted molar refractivity (Wildman–Crippen MR) is 134 cm³/mol. The summed E-state index contributed by atoms with van der Waals surface area (Å²) >= 11 is 0. The summed E-state index contributed by atoms with van der Waals surface area (Å²) in [6, 6.07) is 27.2. The van der Waals surface area contributed by atoms with Gasteiger partial charge < -0.3 is 10.0 Å². The van der Waals surface area contributed by atoms with Crippen molar-refractivity contribution in [1.82, 2.24) is 0 Å². The normalized spacial score (nSPS) is 12.2. The maximum absolute atomic E-state index is 10.3. The fourth-order valence-electron chi connectivity index (χ4n) is 5.56. The molecule has 32 heavy (non-hydrogen) atoms. The summed E-state index contributed by atoms with van der Waals surface area (Å²) in [7, 11) is -1.53. The zero-order valence-corrected chi connectivity index (χ0v) is 18.2. The summed E-state index contributed by atoms with van der Waals surface area (Å²) in [5.74, 6) is 0. The molecule has 0 fully saturated rings. The number of benzene rings is 5. The molecule has 0 radical (unpaired) electrons. The van der Waals surface area contributed by atoms with E-state index >= 15 is 0 Å². The molecular weight excluding hydrogens is 391 g/mol. The van der Waals surface area contributed by atoms with Crippen molar-refractivity contribution in [2.75, 3.05) is 0 Å².